The fourth-order valence-corrected chi connectivity index (χ4v) is 3.42. The molecule has 2 rings (SSSR count). The fourth-order valence-electron chi connectivity index (χ4n) is 2.67. The number of para-hydroxylation sites is 1. The molecule has 1 atom stereocenters. The maximum absolute atomic E-state index is 12.3. The highest BCUT2D eigenvalue weighted by atomic mass is 35.5. The summed E-state index contributed by atoms with van der Waals surface area (Å²) in [5.41, 5.74) is 0.890. The van der Waals surface area contributed by atoms with Crippen LogP contribution in [0.1, 0.15) is 12.8 Å². The highest BCUT2D eigenvalue weighted by Crippen LogP contribution is 2.26. The van der Waals surface area contributed by atoms with Crippen molar-refractivity contribution in [3.8, 4) is 0 Å². The third kappa shape index (κ3) is 6.55. The molecule has 6 heteroatoms. The quantitative estimate of drug-likeness (QED) is 0.583. The van der Waals surface area contributed by atoms with Gasteiger partial charge in [-0.1, -0.05) is 18.2 Å². The molecular formula is C17H26ClN3OS. The molecule has 1 aromatic carbocycles. The van der Waals surface area contributed by atoms with Crippen molar-refractivity contribution in [3.63, 3.8) is 0 Å². The van der Waals surface area contributed by atoms with E-state index in [9.17, 15) is 4.79 Å². The molecule has 0 bridgehead atoms. The van der Waals surface area contributed by atoms with E-state index in [0.717, 1.165) is 35.8 Å². The summed E-state index contributed by atoms with van der Waals surface area (Å²) < 4.78 is 0. The van der Waals surface area contributed by atoms with E-state index in [1.807, 2.05) is 37.4 Å². The van der Waals surface area contributed by atoms with Gasteiger partial charge >= 0.3 is 0 Å². The average molecular weight is 356 g/mol. The number of likely N-dealkylation sites (N-methyl/N-ethyl adjacent to an activating group) is 1. The molecule has 1 aliphatic rings. The van der Waals surface area contributed by atoms with E-state index >= 15 is 0 Å². The molecule has 1 heterocycles. The van der Waals surface area contributed by atoms with Crippen LogP contribution in [0.25, 0.3) is 0 Å². The summed E-state index contributed by atoms with van der Waals surface area (Å²) in [4.78, 5) is 15.6. The number of halogens is 1. The zero-order valence-corrected chi connectivity index (χ0v) is 15.2. The third-order valence-electron chi connectivity index (χ3n) is 3.80. The minimum Gasteiger partial charge on any atom is -0.324 e. The van der Waals surface area contributed by atoms with Crippen LogP contribution in [0.5, 0.6) is 0 Å². The fraction of sp³-hybridized carbons (Fsp3) is 0.471. The summed E-state index contributed by atoms with van der Waals surface area (Å²) in [5, 5.41) is 6.35. The van der Waals surface area contributed by atoms with Gasteiger partial charge in [0.1, 0.15) is 0 Å². The van der Waals surface area contributed by atoms with E-state index in [2.05, 4.69) is 22.1 Å². The lowest BCUT2D eigenvalue weighted by atomic mass is 10.1. The molecule has 0 radical (unpaired) electrons. The van der Waals surface area contributed by atoms with Gasteiger partial charge in [0, 0.05) is 23.2 Å². The Hall–Kier alpha value is -1.01. The second-order valence-electron chi connectivity index (χ2n) is 5.51. The molecule has 1 saturated heterocycles. The topological polar surface area (TPSA) is 44.4 Å². The smallest absolute Gasteiger partial charge is 0.238 e. The number of hydrogen-bond donors (Lipinski definition) is 2. The van der Waals surface area contributed by atoms with Crippen molar-refractivity contribution in [2.75, 3.05) is 37.8 Å². The van der Waals surface area contributed by atoms with Crippen LogP contribution in [0, 0.1) is 0 Å². The standard InChI is InChI=1S/C17H25N3OS.ClH/c1-3-11-22-16-9-5-4-8-15(16)19-17(21)13-20-10-6-7-14(12-20)18-2;/h3-5,8-9,14,18H,1,6-7,10-13H2,2H3,(H,19,21);1H. The molecule has 23 heavy (non-hydrogen) atoms. The first-order valence-corrected chi connectivity index (χ1v) is 8.73. The number of amides is 1. The average Bonchev–Trinajstić information content (AvgIpc) is 2.54. The maximum Gasteiger partial charge on any atom is 0.238 e. The molecule has 1 fully saturated rings. The van der Waals surface area contributed by atoms with Crippen molar-refractivity contribution >= 4 is 35.8 Å². The number of hydrogen-bond acceptors (Lipinski definition) is 4. The minimum absolute atomic E-state index is 0. The first-order valence-electron chi connectivity index (χ1n) is 7.75. The Kier molecular flexibility index (Phi) is 9.33. The normalized spacial score (nSPS) is 18.0. The van der Waals surface area contributed by atoms with Gasteiger partial charge in [0.2, 0.25) is 5.91 Å². The van der Waals surface area contributed by atoms with Gasteiger partial charge in [-0.2, -0.15) is 0 Å². The van der Waals surface area contributed by atoms with Gasteiger partial charge in [0.15, 0.2) is 0 Å². The number of carbonyl (C=O) groups is 1. The van der Waals surface area contributed by atoms with E-state index in [-0.39, 0.29) is 18.3 Å². The molecule has 0 saturated carbocycles. The van der Waals surface area contributed by atoms with Crippen LogP contribution >= 0.6 is 24.2 Å². The summed E-state index contributed by atoms with van der Waals surface area (Å²) in [6.45, 7) is 6.13. The predicted molar refractivity (Wildman–Crippen MR) is 102 cm³/mol. The zero-order valence-electron chi connectivity index (χ0n) is 13.6. The van der Waals surface area contributed by atoms with E-state index in [0.29, 0.717) is 12.6 Å². The SMILES string of the molecule is C=CCSc1ccccc1NC(=O)CN1CCCC(NC)C1.Cl. The number of nitrogens with zero attached hydrogens (tertiary/aromatic N) is 1. The number of likely N-dealkylation sites (tertiary alicyclic amines) is 1. The maximum atomic E-state index is 12.3. The Morgan fingerprint density at radius 1 is 1.48 bits per heavy atom. The van der Waals surface area contributed by atoms with Gasteiger partial charge in [-0.3, -0.25) is 9.69 Å². The van der Waals surface area contributed by atoms with Gasteiger partial charge < -0.3 is 10.6 Å². The first kappa shape index (κ1) is 20.0. The monoisotopic (exact) mass is 355 g/mol. The molecule has 1 aliphatic heterocycles. The largest absolute Gasteiger partial charge is 0.324 e. The number of nitrogens with one attached hydrogen (secondary N) is 2. The highest BCUT2D eigenvalue weighted by Gasteiger charge is 2.20. The van der Waals surface area contributed by atoms with Crippen molar-refractivity contribution in [1.82, 2.24) is 10.2 Å². The van der Waals surface area contributed by atoms with E-state index in [1.165, 1.54) is 6.42 Å². The lowest BCUT2D eigenvalue weighted by Gasteiger charge is -2.31. The van der Waals surface area contributed by atoms with Crippen molar-refractivity contribution in [1.29, 1.82) is 0 Å². The molecule has 0 aromatic heterocycles. The first-order chi connectivity index (χ1) is 10.7. The van der Waals surface area contributed by atoms with Crippen molar-refractivity contribution < 1.29 is 4.79 Å². The third-order valence-corrected chi connectivity index (χ3v) is 4.87. The van der Waals surface area contributed by atoms with Crippen LogP contribution < -0.4 is 10.6 Å². The van der Waals surface area contributed by atoms with Gasteiger partial charge in [-0.05, 0) is 38.6 Å². The number of piperidine rings is 1. The van der Waals surface area contributed by atoms with Crippen LogP contribution in [0.15, 0.2) is 41.8 Å². The number of thioether (sulfide) groups is 1. The van der Waals surface area contributed by atoms with Crippen LogP contribution in [0.3, 0.4) is 0 Å². The lowest BCUT2D eigenvalue weighted by molar-refractivity contribution is -0.117. The van der Waals surface area contributed by atoms with Gasteiger partial charge in [0.25, 0.3) is 0 Å². The van der Waals surface area contributed by atoms with Crippen molar-refractivity contribution in [3.05, 3.63) is 36.9 Å². The van der Waals surface area contributed by atoms with Crippen molar-refractivity contribution in [2.24, 2.45) is 0 Å². The van der Waals surface area contributed by atoms with Crippen LogP contribution in [0.2, 0.25) is 0 Å². The van der Waals surface area contributed by atoms with Crippen LogP contribution in [-0.2, 0) is 4.79 Å². The second kappa shape index (κ2) is 10.7. The molecule has 0 aliphatic carbocycles. The molecule has 1 amide bonds. The minimum atomic E-state index is 0. The predicted octanol–water partition coefficient (Wildman–Crippen LogP) is 3.01. The van der Waals surface area contributed by atoms with E-state index in [4.69, 9.17) is 0 Å². The molecule has 4 nitrogen and oxygen atoms in total. The molecule has 1 aromatic rings. The summed E-state index contributed by atoms with van der Waals surface area (Å²) in [6, 6.07) is 8.42. The number of anilines is 1. The summed E-state index contributed by atoms with van der Waals surface area (Å²) in [6.07, 6.45) is 4.20. The highest BCUT2D eigenvalue weighted by molar-refractivity contribution is 7.99. The molecular weight excluding hydrogens is 330 g/mol. The Balaban J connectivity index is 0.00000264. The Labute approximate surface area is 149 Å². The Morgan fingerprint density at radius 3 is 3.00 bits per heavy atom. The van der Waals surface area contributed by atoms with Gasteiger partial charge in [0.05, 0.1) is 12.2 Å². The molecule has 0 spiro atoms. The summed E-state index contributed by atoms with van der Waals surface area (Å²) in [5.74, 6) is 0.895. The summed E-state index contributed by atoms with van der Waals surface area (Å²) in [7, 11) is 1.99. The lowest BCUT2D eigenvalue weighted by Crippen LogP contribution is -2.46. The number of carbonyl (C=O) groups excluding carboxylic acids is 1. The number of benzene rings is 1. The Morgan fingerprint density at radius 2 is 2.26 bits per heavy atom. The van der Waals surface area contributed by atoms with Crippen LogP contribution in [-0.4, -0.2) is 49.3 Å². The molecule has 128 valence electrons. The molecule has 2 N–H and O–H groups in total. The number of rotatable bonds is 7. The van der Waals surface area contributed by atoms with Gasteiger partial charge in [-0.25, -0.2) is 0 Å². The van der Waals surface area contributed by atoms with Gasteiger partial charge in [-0.15, -0.1) is 30.7 Å². The molecule has 1 unspecified atom stereocenters. The van der Waals surface area contributed by atoms with E-state index < -0.39 is 0 Å². The van der Waals surface area contributed by atoms with E-state index in [1.54, 1.807) is 11.8 Å². The Bertz CT molecular complexity index is 512. The zero-order chi connectivity index (χ0) is 15.8. The summed E-state index contributed by atoms with van der Waals surface area (Å²) >= 11 is 1.68. The van der Waals surface area contributed by atoms with Crippen LogP contribution in [0.4, 0.5) is 5.69 Å². The van der Waals surface area contributed by atoms with Crippen molar-refractivity contribution in [2.45, 2.75) is 23.8 Å². The second-order valence-corrected chi connectivity index (χ2v) is 6.57.